The molecule has 4 heteroatoms. The van der Waals surface area contributed by atoms with Crippen molar-refractivity contribution in [1.29, 1.82) is 0 Å². The molecule has 24 heavy (non-hydrogen) atoms. The molecule has 3 aliphatic heterocycles. The molecule has 0 saturated carbocycles. The molecular formula is C20H28N2O2. The Morgan fingerprint density at radius 2 is 1.96 bits per heavy atom. The minimum absolute atomic E-state index is 0.0168. The fourth-order valence-corrected chi connectivity index (χ4v) is 4.66. The molecule has 0 radical (unpaired) electrons. The van der Waals surface area contributed by atoms with Crippen LogP contribution in [0.15, 0.2) is 30.3 Å². The van der Waals surface area contributed by atoms with E-state index in [0.29, 0.717) is 11.3 Å². The topological polar surface area (TPSA) is 41.6 Å². The molecule has 130 valence electrons. The first-order chi connectivity index (χ1) is 11.8. The van der Waals surface area contributed by atoms with Crippen molar-refractivity contribution in [2.75, 3.05) is 32.8 Å². The van der Waals surface area contributed by atoms with Crippen LogP contribution in [-0.2, 0) is 9.53 Å². The molecular weight excluding hydrogens is 300 g/mol. The molecule has 2 unspecified atom stereocenters. The molecule has 1 amide bonds. The molecule has 1 aromatic rings. The van der Waals surface area contributed by atoms with Crippen molar-refractivity contribution in [2.24, 2.45) is 11.3 Å². The van der Waals surface area contributed by atoms with E-state index in [1.807, 2.05) is 18.2 Å². The molecule has 3 heterocycles. The second-order valence-corrected chi connectivity index (χ2v) is 7.70. The van der Waals surface area contributed by atoms with Gasteiger partial charge in [-0.1, -0.05) is 30.3 Å². The van der Waals surface area contributed by atoms with Crippen LogP contribution >= 0.6 is 0 Å². The van der Waals surface area contributed by atoms with Gasteiger partial charge in [-0.05, 0) is 49.6 Å². The number of benzene rings is 1. The number of amides is 1. The largest absolute Gasteiger partial charge is 0.373 e. The first-order valence-electron chi connectivity index (χ1n) is 9.44. The molecule has 4 nitrogen and oxygen atoms in total. The van der Waals surface area contributed by atoms with Crippen molar-refractivity contribution in [2.45, 2.75) is 38.2 Å². The van der Waals surface area contributed by atoms with Gasteiger partial charge in [-0.3, -0.25) is 4.79 Å². The number of piperidine rings is 1. The van der Waals surface area contributed by atoms with Crippen LogP contribution in [0.5, 0.6) is 0 Å². The molecule has 3 aliphatic rings. The highest BCUT2D eigenvalue weighted by Gasteiger charge is 2.41. The lowest BCUT2D eigenvalue weighted by molar-refractivity contribution is -0.147. The zero-order valence-electron chi connectivity index (χ0n) is 14.4. The van der Waals surface area contributed by atoms with Crippen molar-refractivity contribution < 1.29 is 9.53 Å². The Kier molecular flexibility index (Phi) is 4.59. The standard InChI is InChI=1S/C20H28N2O2/c23-19(22-12-9-20(10-13-22)8-11-21-15-20)17-7-4-14-24-18(17)16-5-2-1-3-6-16/h1-3,5-6,17-18,21H,4,7-15H2. The summed E-state index contributed by atoms with van der Waals surface area (Å²) in [6.45, 7) is 4.86. The summed E-state index contributed by atoms with van der Waals surface area (Å²) in [5, 5.41) is 3.50. The van der Waals surface area contributed by atoms with Gasteiger partial charge in [0.15, 0.2) is 0 Å². The minimum atomic E-state index is -0.0727. The smallest absolute Gasteiger partial charge is 0.228 e. The van der Waals surface area contributed by atoms with E-state index >= 15 is 0 Å². The lowest BCUT2D eigenvalue weighted by Gasteiger charge is -2.41. The fraction of sp³-hybridized carbons (Fsp3) is 0.650. The average molecular weight is 328 g/mol. The van der Waals surface area contributed by atoms with Crippen molar-refractivity contribution in [3.8, 4) is 0 Å². The molecule has 3 saturated heterocycles. The monoisotopic (exact) mass is 328 g/mol. The zero-order valence-corrected chi connectivity index (χ0v) is 14.4. The number of nitrogens with zero attached hydrogens (tertiary/aromatic N) is 1. The van der Waals surface area contributed by atoms with E-state index in [0.717, 1.165) is 64.0 Å². The molecule has 0 bridgehead atoms. The van der Waals surface area contributed by atoms with Gasteiger partial charge in [0.2, 0.25) is 5.91 Å². The first kappa shape index (κ1) is 16.1. The van der Waals surface area contributed by atoms with Crippen molar-refractivity contribution >= 4 is 5.91 Å². The second-order valence-electron chi connectivity index (χ2n) is 7.70. The lowest BCUT2D eigenvalue weighted by atomic mass is 9.77. The Morgan fingerprint density at radius 3 is 2.67 bits per heavy atom. The average Bonchev–Trinajstić information content (AvgIpc) is 3.10. The van der Waals surface area contributed by atoms with E-state index in [9.17, 15) is 4.79 Å². The van der Waals surface area contributed by atoms with Crippen molar-refractivity contribution in [3.05, 3.63) is 35.9 Å². The van der Waals surface area contributed by atoms with Gasteiger partial charge in [-0.15, -0.1) is 0 Å². The van der Waals surface area contributed by atoms with E-state index in [2.05, 4.69) is 22.3 Å². The fourth-order valence-electron chi connectivity index (χ4n) is 4.66. The van der Waals surface area contributed by atoms with Crippen LogP contribution in [0.4, 0.5) is 0 Å². The summed E-state index contributed by atoms with van der Waals surface area (Å²) in [5.41, 5.74) is 1.60. The van der Waals surface area contributed by atoms with Crippen LogP contribution in [0.2, 0.25) is 0 Å². The van der Waals surface area contributed by atoms with Gasteiger partial charge < -0.3 is 15.0 Å². The van der Waals surface area contributed by atoms with Crippen LogP contribution in [0, 0.1) is 11.3 Å². The van der Waals surface area contributed by atoms with Crippen molar-refractivity contribution in [1.82, 2.24) is 10.2 Å². The van der Waals surface area contributed by atoms with E-state index in [-0.39, 0.29) is 12.0 Å². The molecule has 1 aromatic carbocycles. The highest BCUT2D eigenvalue weighted by atomic mass is 16.5. The van der Waals surface area contributed by atoms with E-state index < -0.39 is 0 Å². The number of nitrogens with one attached hydrogen (secondary N) is 1. The maximum Gasteiger partial charge on any atom is 0.228 e. The molecule has 1 spiro atoms. The van der Waals surface area contributed by atoms with Gasteiger partial charge in [-0.2, -0.15) is 0 Å². The summed E-state index contributed by atoms with van der Waals surface area (Å²) in [7, 11) is 0. The van der Waals surface area contributed by atoms with E-state index in [1.165, 1.54) is 6.42 Å². The number of rotatable bonds is 2. The Balaban J connectivity index is 1.44. The Labute approximate surface area is 144 Å². The molecule has 0 aromatic heterocycles. The third kappa shape index (κ3) is 3.09. The van der Waals surface area contributed by atoms with Gasteiger partial charge >= 0.3 is 0 Å². The number of hydrogen-bond acceptors (Lipinski definition) is 3. The number of carbonyl (C=O) groups is 1. The number of carbonyl (C=O) groups excluding carboxylic acids is 1. The summed E-state index contributed by atoms with van der Waals surface area (Å²) in [6, 6.07) is 10.3. The first-order valence-corrected chi connectivity index (χ1v) is 9.44. The number of hydrogen-bond donors (Lipinski definition) is 1. The summed E-state index contributed by atoms with van der Waals surface area (Å²) < 4.78 is 6.02. The number of likely N-dealkylation sites (tertiary alicyclic amines) is 1. The van der Waals surface area contributed by atoms with Crippen LogP contribution in [-0.4, -0.2) is 43.6 Å². The number of ether oxygens (including phenoxy) is 1. The molecule has 4 rings (SSSR count). The predicted octanol–water partition coefficient (Wildman–Crippen LogP) is 2.76. The summed E-state index contributed by atoms with van der Waals surface area (Å²) in [6.07, 6.45) is 5.43. The SMILES string of the molecule is O=C(C1CCCOC1c1ccccc1)N1CCC2(CCNC2)CC1. The molecule has 2 atom stereocenters. The highest BCUT2D eigenvalue weighted by Crippen LogP contribution is 2.39. The third-order valence-electron chi connectivity index (χ3n) is 6.24. The predicted molar refractivity (Wildman–Crippen MR) is 93.6 cm³/mol. The summed E-state index contributed by atoms with van der Waals surface area (Å²) in [5.74, 6) is 0.293. The lowest BCUT2D eigenvalue weighted by Crippen LogP contribution is -2.47. The zero-order chi connectivity index (χ0) is 16.4. The maximum atomic E-state index is 13.2. The van der Waals surface area contributed by atoms with Gasteiger partial charge in [0.25, 0.3) is 0 Å². The third-order valence-corrected chi connectivity index (χ3v) is 6.24. The van der Waals surface area contributed by atoms with Crippen molar-refractivity contribution in [3.63, 3.8) is 0 Å². The maximum absolute atomic E-state index is 13.2. The normalized spacial score (nSPS) is 29.8. The van der Waals surface area contributed by atoms with Gasteiger partial charge in [0.05, 0.1) is 12.0 Å². The van der Waals surface area contributed by atoms with Gasteiger partial charge in [0.1, 0.15) is 0 Å². The van der Waals surface area contributed by atoms with E-state index in [4.69, 9.17) is 4.74 Å². The van der Waals surface area contributed by atoms with Gasteiger partial charge in [-0.25, -0.2) is 0 Å². The van der Waals surface area contributed by atoms with Crippen LogP contribution in [0.1, 0.15) is 43.8 Å². The second kappa shape index (κ2) is 6.85. The summed E-state index contributed by atoms with van der Waals surface area (Å²) >= 11 is 0. The van der Waals surface area contributed by atoms with E-state index in [1.54, 1.807) is 0 Å². The molecule has 3 fully saturated rings. The van der Waals surface area contributed by atoms with Gasteiger partial charge in [0, 0.05) is 26.2 Å². The quantitative estimate of drug-likeness (QED) is 0.908. The Hall–Kier alpha value is -1.39. The minimum Gasteiger partial charge on any atom is -0.373 e. The Morgan fingerprint density at radius 1 is 1.17 bits per heavy atom. The summed E-state index contributed by atoms with van der Waals surface area (Å²) in [4.78, 5) is 15.3. The molecule has 0 aliphatic carbocycles. The highest BCUT2D eigenvalue weighted by molar-refractivity contribution is 5.80. The van der Waals surface area contributed by atoms with Crippen LogP contribution < -0.4 is 5.32 Å². The molecule has 1 N–H and O–H groups in total. The Bertz CT molecular complexity index is 558. The van der Waals surface area contributed by atoms with Crippen LogP contribution in [0.25, 0.3) is 0 Å². The van der Waals surface area contributed by atoms with Crippen LogP contribution in [0.3, 0.4) is 0 Å².